The predicted octanol–water partition coefficient (Wildman–Crippen LogP) is 0.0806. The van der Waals surface area contributed by atoms with Crippen molar-refractivity contribution in [2.75, 3.05) is 0 Å². The van der Waals surface area contributed by atoms with Gasteiger partial charge in [0.1, 0.15) is 12.2 Å². The zero-order valence-corrected chi connectivity index (χ0v) is 7.02. The van der Waals surface area contributed by atoms with E-state index in [9.17, 15) is 0 Å². The molecule has 0 radical (unpaired) electrons. The number of nitriles is 1. The van der Waals surface area contributed by atoms with Crippen LogP contribution in [0.2, 0.25) is 0 Å². The molecule has 0 saturated heterocycles. The highest BCUT2D eigenvalue weighted by Crippen LogP contribution is 1.92. The van der Waals surface area contributed by atoms with Crippen LogP contribution < -0.4 is 0 Å². The number of aliphatic hydroxyl groups excluding tert-OH is 1. The lowest BCUT2D eigenvalue weighted by molar-refractivity contribution is 0.253. The summed E-state index contributed by atoms with van der Waals surface area (Å²) >= 11 is 0. The zero-order valence-electron chi connectivity index (χ0n) is 7.02. The summed E-state index contributed by atoms with van der Waals surface area (Å²) in [6.07, 6.45) is 2.22. The summed E-state index contributed by atoms with van der Waals surface area (Å²) in [6.45, 7) is 1.57. The van der Waals surface area contributed by atoms with E-state index in [2.05, 4.69) is 21.8 Å². The van der Waals surface area contributed by atoms with E-state index in [1.54, 1.807) is 13.0 Å². The topological polar surface area (TPSA) is 69.8 Å². The van der Waals surface area contributed by atoms with E-state index >= 15 is 0 Å². The highest BCUT2D eigenvalue weighted by molar-refractivity contribution is 5.31. The Balaban J connectivity index is 2.84. The third-order valence-corrected chi connectivity index (χ3v) is 1.18. The van der Waals surface area contributed by atoms with Crippen LogP contribution in [-0.2, 0) is 0 Å². The normalized spacial score (nSPS) is 10.8. The summed E-state index contributed by atoms with van der Waals surface area (Å²) < 4.78 is 0. The largest absolute Gasteiger partial charge is 0.381 e. The molecule has 1 aromatic rings. The van der Waals surface area contributed by atoms with Gasteiger partial charge in [-0.2, -0.15) is 5.26 Å². The maximum absolute atomic E-state index is 8.85. The average Bonchev–Trinajstić information content (AvgIpc) is 2.15. The number of hydrogen-bond donors (Lipinski definition) is 1. The number of hydrogen-bond acceptors (Lipinski definition) is 4. The van der Waals surface area contributed by atoms with E-state index in [0.717, 1.165) is 0 Å². The van der Waals surface area contributed by atoms with Crippen LogP contribution in [0.15, 0.2) is 12.4 Å². The van der Waals surface area contributed by atoms with Gasteiger partial charge in [-0.05, 0) is 6.92 Å². The monoisotopic (exact) mass is 173 g/mol. The Hall–Kier alpha value is -1.91. The highest BCUT2D eigenvalue weighted by Gasteiger charge is 1.92. The molecule has 1 rings (SSSR count). The van der Waals surface area contributed by atoms with Crippen molar-refractivity contribution < 1.29 is 5.11 Å². The maximum atomic E-state index is 8.85. The van der Waals surface area contributed by atoms with Gasteiger partial charge in [-0.15, -0.1) is 0 Å². The number of aromatic nitrogens is 2. The van der Waals surface area contributed by atoms with Crippen molar-refractivity contribution in [3.8, 4) is 17.9 Å². The zero-order chi connectivity index (χ0) is 9.68. The van der Waals surface area contributed by atoms with Gasteiger partial charge >= 0.3 is 0 Å². The molecule has 4 nitrogen and oxygen atoms in total. The molecule has 0 fully saturated rings. The third kappa shape index (κ3) is 2.90. The fourth-order valence-corrected chi connectivity index (χ4v) is 0.638. The first-order chi connectivity index (χ1) is 6.22. The van der Waals surface area contributed by atoms with Crippen LogP contribution in [0.25, 0.3) is 0 Å². The average molecular weight is 173 g/mol. The molecule has 0 aliphatic carbocycles. The van der Waals surface area contributed by atoms with Crippen molar-refractivity contribution in [1.29, 1.82) is 5.26 Å². The molecule has 64 valence electrons. The van der Waals surface area contributed by atoms with Crippen LogP contribution in [0.3, 0.4) is 0 Å². The minimum absolute atomic E-state index is 0.114. The molecule has 0 aromatic carbocycles. The summed E-state index contributed by atoms with van der Waals surface area (Å²) in [4.78, 5) is 7.44. The second kappa shape index (κ2) is 4.20. The first-order valence-electron chi connectivity index (χ1n) is 3.64. The lowest BCUT2D eigenvalue weighted by Crippen LogP contribution is -1.93. The SMILES string of the molecule is CC(O)C#Cc1cnc(C#N)nc1. The van der Waals surface area contributed by atoms with E-state index in [0.29, 0.717) is 5.56 Å². The summed E-state index contributed by atoms with van der Waals surface area (Å²) in [5.74, 6) is 5.32. The molecule has 13 heavy (non-hydrogen) atoms. The van der Waals surface area contributed by atoms with Crippen LogP contribution in [-0.4, -0.2) is 21.2 Å². The lowest BCUT2D eigenvalue weighted by Gasteiger charge is -1.89. The van der Waals surface area contributed by atoms with Crippen molar-refractivity contribution in [3.05, 3.63) is 23.8 Å². The van der Waals surface area contributed by atoms with Crippen molar-refractivity contribution in [2.24, 2.45) is 0 Å². The Kier molecular flexibility index (Phi) is 2.97. The smallest absolute Gasteiger partial charge is 0.232 e. The van der Waals surface area contributed by atoms with Crippen LogP contribution >= 0.6 is 0 Å². The summed E-state index contributed by atoms with van der Waals surface area (Å²) in [5.41, 5.74) is 0.583. The van der Waals surface area contributed by atoms with Crippen molar-refractivity contribution in [1.82, 2.24) is 9.97 Å². The molecule has 0 bridgehead atoms. The second-order valence-electron chi connectivity index (χ2n) is 2.35. The van der Waals surface area contributed by atoms with Crippen LogP contribution in [0.1, 0.15) is 18.3 Å². The van der Waals surface area contributed by atoms with E-state index in [-0.39, 0.29) is 5.82 Å². The minimum atomic E-state index is -0.671. The van der Waals surface area contributed by atoms with Gasteiger partial charge in [-0.3, -0.25) is 0 Å². The molecule has 1 unspecified atom stereocenters. The van der Waals surface area contributed by atoms with Crippen LogP contribution in [0.5, 0.6) is 0 Å². The molecule has 0 aliphatic rings. The summed E-state index contributed by atoms with van der Waals surface area (Å²) in [7, 11) is 0. The predicted molar refractivity (Wildman–Crippen MR) is 45.3 cm³/mol. The Bertz CT molecular complexity index is 378. The van der Waals surface area contributed by atoms with E-state index < -0.39 is 6.10 Å². The Morgan fingerprint density at radius 1 is 1.46 bits per heavy atom. The molecule has 1 aromatic heterocycles. The molecule has 1 atom stereocenters. The molecule has 0 aliphatic heterocycles. The number of nitrogens with zero attached hydrogens (tertiary/aromatic N) is 3. The van der Waals surface area contributed by atoms with E-state index in [1.807, 2.05) is 0 Å². The standard InChI is InChI=1S/C9H7N3O/c1-7(13)2-3-8-5-11-9(4-10)12-6-8/h5-7,13H,1H3. The van der Waals surface area contributed by atoms with Gasteiger partial charge in [0.15, 0.2) is 0 Å². The molecule has 0 spiro atoms. The Morgan fingerprint density at radius 2 is 2.08 bits per heavy atom. The van der Waals surface area contributed by atoms with Gasteiger partial charge < -0.3 is 5.11 Å². The highest BCUT2D eigenvalue weighted by atomic mass is 16.3. The number of aliphatic hydroxyl groups is 1. The van der Waals surface area contributed by atoms with Gasteiger partial charge in [-0.25, -0.2) is 9.97 Å². The van der Waals surface area contributed by atoms with E-state index in [1.165, 1.54) is 12.4 Å². The fraction of sp³-hybridized carbons (Fsp3) is 0.222. The molecular weight excluding hydrogens is 166 g/mol. The summed E-state index contributed by atoms with van der Waals surface area (Å²) in [5, 5.41) is 17.2. The van der Waals surface area contributed by atoms with Gasteiger partial charge in [0.25, 0.3) is 0 Å². The molecular formula is C9H7N3O. The Morgan fingerprint density at radius 3 is 2.54 bits per heavy atom. The van der Waals surface area contributed by atoms with Gasteiger partial charge in [0, 0.05) is 12.4 Å². The molecule has 1 heterocycles. The first kappa shape index (κ1) is 9.18. The van der Waals surface area contributed by atoms with E-state index in [4.69, 9.17) is 10.4 Å². The second-order valence-corrected chi connectivity index (χ2v) is 2.35. The first-order valence-corrected chi connectivity index (χ1v) is 3.64. The van der Waals surface area contributed by atoms with Crippen LogP contribution in [0.4, 0.5) is 0 Å². The molecule has 1 N–H and O–H groups in total. The summed E-state index contributed by atoms with van der Waals surface area (Å²) in [6, 6.07) is 1.80. The molecule has 0 saturated carbocycles. The van der Waals surface area contributed by atoms with Crippen LogP contribution in [0, 0.1) is 23.2 Å². The van der Waals surface area contributed by atoms with Gasteiger partial charge in [0.2, 0.25) is 5.82 Å². The minimum Gasteiger partial charge on any atom is -0.381 e. The van der Waals surface area contributed by atoms with Gasteiger partial charge in [0.05, 0.1) is 5.56 Å². The van der Waals surface area contributed by atoms with Crippen molar-refractivity contribution in [3.63, 3.8) is 0 Å². The Labute approximate surface area is 75.9 Å². The van der Waals surface area contributed by atoms with Gasteiger partial charge in [-0.1, -0.05) is 11.8 Å². The lowest BCUT2D eigenvalue weighted by atomic mass is 10.3. The molecule has 0 amide bonds. The third-order valence-electron chi connectivity index (χ3n) is 1.18. The number of rotatable bonds is 0. The van der Waals surface area contributed by atoms with Crippen molar-refractivity contribution in [2.45, 2.75) is 13.0 Å². The quantitative estimate of drug-likeness (QED) is 0.564. The fourth-order valence-electron chi connectivity index (χ4n) is 0.638. The van der Waals surface area contributed by atoms with Crippen molar-refractivity contribution >= 4 is 0 Å². The molecule has 4 heteroatoms. The maximum Gasteiger partial charge on any atom is 0.232 e.